The molecule has 0 radical (unpaired) electrons. The maximum absolute atomic E-state index is 12.9. The number of esters is 1. The van der Waals surface area contributed by atoms with Crippen molar-refractivity contribution >= 4 is 46.8 Å². The summed E-state index contributed by atoms with van der Waals surface area (Å²) >= 11 is 5.99. The lowest BCUT2D eigenvalue weighted by Crippen LogP contribution is -2.48. The highest BCUT2D eigenvalue weighted by atomic mass is 35.5. The Hall–Kier alpha value is -4.74. The summed E-state index contributed by atoms with van der Waals surface area (Å²) in [4.78, 5) is 63.7. The van der Waals surface area contributed by atoms with E-state index < -0.39 is 42.1 Å². The third-order valence-corrected chi connectivity index (χ3v) is 6.35. The number of hydrazine groups is 1. The number of nitrogens with one attached hydrogen (secondary N) is 2. The molecular formula is C28H24ClN3O8. The molecule has 1 fully saturated rings. The van der Waals surface area contributed by atoms with Crippen molar-refractivity contribution in [3.05, 3.63) is 88.4 Å². The van der Waals surface area contributed by atoms with Gasteiger partial charge in [-0.05, 0) is 54.6 Å². The van der Waals surface area contributed by atoms with Gasteiger partial charge in [-0.3, -0.25) is 24.6 Å². The number of Topliss-reactive ketones (excluding diaryl/α,β-unsaturated/α-hetero) is 1. The number of hydrogen-bond acceptors (Lipinski definition) is 9. The molecule has 11 nitrogen and oxygen atoms in total. The van der Waals surface area contributed by atoms with Gasteiger partial charge < -0.3 is 14.2 Å². The van der Waals surface area contributed by atoms with E-state index in [-0.39, 0.29) is 33.8 Å². The molecule has 0 aliphatic carbocycles. The number of hydrogen-bond donors (Lipinski definition) is 2. The zero-order valence-corrected chi connectivity index (χ0v) is 22.2. The summed E-state index contributed by atoms with van der Waals surface area (Å²) in [7, 11) is 2.91. The van der Waals surface area contributed by atoms with Crippen molar-refractivity contribution in [3.8, 4) is 11.5 Å². The normalized spacial score (nSPS) is 14.6. The standard InChI is InChI=1S/C28H24ClN3O8/c1-38-23-12-9-17(13-24(23)39-2)26(35)31-30-21-14-25(34)32(27(21)36)18-10-7-16(8-11-18)28(37)40-15-22(33)19-5-3-4-6-20(19)29/h3-13,21,30H,14-15H2,1-2H3,(H,31,35). The van der Waals surface area contributed by atoms with Crippen LogP contribution in [0, 0.1) is 0 Å². The quantitative estimate of drug-likeness (QED) is 0.164. The molecule has 2 N–H and O–H groups in total. The van der Waals surface area contributed by atoms with Gasteiger partial charge in [0, 0.05) is 11.1 Å². The van der Waals surface area contributed by atoms with E-state index in [1.807, 2.05) is 0 Å². The molecule has 1 saturated heterocycles. The first-order valence-corrected chi connectivity index (χ1v) is 12.3. The van der Waals surface area contributed by atoms with Gasteiger partial charge in [0.2, 0.25) is 11.7 Å². The molecule has 0 saturated carbocycles. The highest BCUT2D eigenvalue weighted by Gasteiger charge is 2.39. The molecular weight excluding hydrogens is 542 g/mol. The number of carbonyl (C=O) groups excluding carboxylic acids is 5. The van der Waals surface area contributed by atoms with E-state index >= 15 is 0 Å². The van der Waals surface area contributed by atoms with Crippen molar-refractivity contribution < 1.29 is 38.2 Å². The van der Waals surface area contributed by atoms with Gasteiger partial charge in [-0.25, -0.2) is 15.1 Å². The van der Waals surface area contributed by atoms with Crippen molar-refractivity contribution in [2.75, 3.05) is 25.7 Å². The predicted octanol–water partition coefficient (Wildman–Crippen LogP) is 2.96. The fraction of sp³-hybridized carbons (Fsp3) is 0.179. The topological polar surface area (TPSA) is 140 Å². The van der Waals surface area contributed by atoms with Crippen molar-refractivity contribution in [1.82, 2.24) is 10.9 Å². The van der Waals surface area contributed by atoms with Crippen LogP contribution in [-0.2, 0) is 14.3 Å². The minimum absolute atomic E-state index is 0.117. The number of methoxy groups -OCH3 is 2. The Morgan fingerprint density at radius 2 is 1.60 bits per heavy atom. The number of nitrogens with zero attached hydrogens (tertiary/aromatic N) is 1. The van der Waals surface area contributed by atoms with E-state index in [1.54, 1.807) is 24.3 Å². The largest absolute Gasteiger partial charge is 0.493 e. The van der Waals surface area contributed by atoms with Crippen LogP contribution in [0.3, 0.4) is 0 Å². The average Bonchev–Trinajstić information content (AvgIpc) is 3.26. The van der Waals surface area contributed by atoms with Crippen molar-refractivity contribution in [2.45, 2.75) is 12.5 Å². The van der Waals surface area contributed by atoms with E-state index in [4.69, 9.17) is 25.8 Å². The molecule has 3 aromatic carbocycles. The molecule has 3 aromatic rings. The fourth-order valence-electron chi connectivity index (χ4n) is 3.94. The van der Waals surface area contributed by atoms with Gasteiger partial charge in [-0.1, -0.05) is 23.7 Å². The number of ketones is 1. The predicted molar refractivity (Wildman–Crippen MR) is 144 cm³/mol. The Labute approximate surface area is 233 Å². The van der Waals surface area contributed by atoms with Gasteiger partial charge in [-0.15, -0.1) is 0 Å². The van der Waals surface area contributed by atoms with Crippen molar-refractivity contribution in [3.63, 3.8) is 0 Å². The minimum atomic E-state index is -1.00. The van der Waals surface area contributed by atoms with Crippen LogP contribution >= 0.6 is 11.6 Å². The van der Waals surface area contributed by atoms with E-state index in [0.717, 1.165) is 4.90 Å². The zero-order valence-electron chi connectivity index (χ0n) is 21.4. The van der Waals surface area contributed by atoms with Crippen LogP contribution < -0.4 is 25.2 Å². The Morgan fingerprint density at radius 1 is 0.925 bits per heavy atom. The molecule has 3 amide bonds. The summed E-state index contributed by atoms with van der Waals surface area (Å²) in [6.07, 6.45) is -0.195. The minimum Gasteiger partial charge on any atom is -0.493 e. The number of anilines is 1. The summed E-state index contributed by atoms with van der Waals surface area (Å²) in [5.41, 5.74) is 5.86. The van der Waals surface area contributed by atoms with Crippen LogP contribution in [0.5, 0.6) is 11.5 Å². The summed E-state index contributed by atoms with van der Waals surface area (Å²) in [5.74, 6) is -2.04. The van der Waals surface area contributed by atoms with Gasteiger partial charge in [-0.2, -0.15) is 0 Å². The Balaban J connectivity index is 1.34. The number of rotatable bonds is 10. The van der Waals surface area contributed by atoms with Crippen LogP contribution in [0.25, 0.3) is 0 Å². The first-order valence-electron chi connectivity index (χ1n) is 11.9. The maximum Gasteiger partial charge on any atom is 0.338 e. The average molecular weight is 566 g/mol. The van der Waals surface area contributed by atoms with E-state index in [1.165, 1.54) is 56.7 Å². The number of carbonyl (C=O) groups is 5. The molecule has 4 rings (SSSR count). The van der Waals surface area contributed by atoms with E-state index in [0.29, 0.717) is 11.5 Å². The SMILES string of the molecule is COc1ccc(C(=O)NNC2CC(=O)N(c3ccc(C(=O)OCC(=O)c4ccccc4Cl)cc3)C2=O)cc1OC. The van der Waals surface area contributed by atoms with E-state index in [2.05, 4.69) is 10.9 Å². The molecule has 0 spiro atoms. The molecule has 1 atom stereocenters. The smallest absolute Gasteiger partial charge is 0.338 e. The molecule has 12 heteroatoms. The molecule has 1 aliphatic heterocycles. The van der Waals surface area contributed by atoms with Gasteiger partial charge in [0.05, 0.1) is 36.9 Å². The van der Waals surface area contributed by atoms with Crippen LogP contribution in [0.2, 0.25) is 5.02 Å². The monoisotopic (exact) mass is 565 g/mol. The van der Waals surface area contributed by atoms with Gasteiger partial charge in [0.1, 0.15) is 6.04 Å². The van der Waals surface area contributed by atoms with Gasteiger partial charge in [0.25, 0.3) is 11.8 Å². The van der Waals surface area contributed by atoms with E-state index in [9.17, 15) is 24.0 Å². The summed E-state index contributed by atoms with van der Waals surface area (Å²) < 4.78 is 15.4. The Bertz CT molecular complexity index is 1470. The summed E-state index contributed by atoms with van der Waals surface area (Å²) in [5, 5.41) is 0.251. The molecule has 1 unspecified atom stereocenters. The Kier molecular flexibility index (Phi) is 8.77. The number of benzene rings is 3. The fourth-order valence-corrected chi connectivity index (χ4v) is 4.19. The van der Waals surface area contributed by atoms with Crippen molar-refractivity contribution in [1.29, 1.82) is 0 Å². The van der Waals surface area contributed by atoms with Gasteiger partial charge in [0.15, 0.2) is 18.1 Å². The van der Waals surface area contributed by atoms with Crippen LogP contribution in [-0.4, -0.2) is 56.3 Å². The third kappa shape index (κ3) is 6.11. The van der Waals surface area contributed by atoms with Gasteiger partial charge >= 0.3 is 5.97 Å². The zero-order chi connectivity index (χ0) is 28.8. The second-order valence-electron chi connectivity index (χ2n) is 8.52. The second kappa shape index (κ2) is 12.4. The number of imide groups is 1. The highest BCUT2D eigenvalue weighted by molar-refractivity contribution is 6.34. The van der Waals surface area contributed by atoms with Crippen molar-refractivity contribution in [2.24, 2.45) is 0 Å². The molecule has 0 bridgehead atoms. The summed E-state index contributed by atoms with van der Waals surface area (Å²) in [6, 6.07) is 15.5. The molecule has 1 heterocycles. The lowest BCUT2D eigenvalue weighted by molar-refractivity contribution is -0.121. The lowest BCUT2D eigenvalue weighted by Gasteiger charge is -2.16. The molecule has 1 aliphatic rings. The van der Waals surface area contributed by atoms with Crippen LogP contribution in [0.1, 0.15) is 37.5 Å². The Morgan fingerprint density at radius 3 is 2.27 bits per heavy atom. The van der Waals surface area contributed by atoms with Crippen LogP contribution in [0.15, 0.2) is 66.7 Å². The summed E-state index contributed by atoms with van der Waals surface area (Å²) in [6.45, 7) is -0.504. The first-order chi connectivity index (χ1) is 19.2. The number of halogens is 1. The molecule has 40 heavy (non-hydrogen) atoms. The first kappa shape index (κ1) is 28.3. The molecule has 0 aromatic heterocycles. The maximum atomic E-state index is 12.9. The number of amides is 3. The second-order valence-corrected chi connectivity index (χ2v) is 8.93. The highest BCUT2D eigenvalue weighted by Crippen LogP contribution is 2.28. The third-order valence-electron chi connectivity index (χ3n) is 6.02. The number of ether oxygens (including phenoxy) is 3. The lowest BCUT2D eigenvalue weighted by atomic mass is 10.1. The molecule has 206 valence electrons. The van der Waals surface area contributed by atoms with Crippen LogP contribution in [0.4, 0.5) is 5.69 Å².